The van der Waals surface area contributed by atoms with E-state index in [-0.39, 0.29) is 0 Å². The van der Waals surface area contributed by atoms with Gasteiger partial charge in [0.05, 0.1) is 12.8 Å². The molecule has 5 heterocycles. The van der Waals surface area contributed by atoms with Crippen LogP contribution >= 0.6 is 0 Å². The molecule has 2 N–H and O–H groups in total. The molecule has 3 aliphatic rings. The molecule has 154 valence electrons. The van der Waals surface area contributed by atoms with Crippen LogP contribution in [-0.2, 0) is 6.42 Å². The van der Waals surface area contributed by atoms with Gasteiger partial charge in [-0.1, -0.05) is 18.2 Å². The summed E-state index contributed by atoms with van der Waals surface area (Å²) in [7, 11) is 2.19. The Morgan fingerprint density at radius 3 is 2.67 bits per heavy atom. The third kappa shape index (κ3) is 3.06. The second-order valence-electron chi connectivity index (χ2n) is 8.85. The van der Waals surface area contributed by atoms with Crippen molar-refractivity contribution >= 4 is 5.82 Å². The van der Waals surface area contributed by atoms with Crippen LogP contribution < -0.4 is 15.0 Å². The van der Waals surface area contributed by atoms with Crippen molar-refractivity contribution in [2.75, 3.05) is 18.6 Å². The Labute approximate surface area is 176 Å². The lowest BCUT2D eigenvalue weighted by Gasteiger charge is -2.36. The van der Waals surface area contributed by atoms with E-state index in [9.17, 15) is 0 Å². The van der Waals surface area contributed by atoms with Gasteiger partial charge >= 0.3 is 0 Å². The molecular formula is C24H27N5O. The Morgan fingerprint density at radius 2 is 1.87 bits per heavy atom. The van der Waals surface area contributed by atoms with Crippen LogP contribution in [0.15, 0.2) is 42.7 Å². The number of rotatable bonds is 3. The van der Waals surface area contributed by atoms with E-state index < -0.39 is 0 Å². The maximum Gasteiger partial charge on any atom is 0.223 e. The number of nitrogens with zero attached hydrogens (tertiary/aromatic N) is 3. The number of aromatic nitrogens is 3. The molecule has 0 spiro atoms. The fourth-order valence-corrected chi connectivity index (χ4v) is 5.38. The van der Waals surface area contributed by atoms with E-state index in [0.717, 1.165) is 29.2 Å². The molecule has 2 fully saturated rings. The summed E-state index contributed by atoms with van der Waals surface area (Å²) >= 11 is 0. The highest BCUT2D eigenvalue weighted by atomic mass is 16.5. The largest absolute Gasteiger partial charge is 0.477 e. The standard InChI is InChI=1S/C24H27N5O/c1-29(20-11-18-3-4-19(12-20)27-18)23-7-6-22-21-5-2-15(17-13-25-26-14-17)10-16(21)8-9-30-24(22)28-23/h2,5-7,10,13-14,18-20,27H,3-4,8-9,11-12H2,1H3,(H,25,26)/t18-,19+,20-. The molecule has 3 aliphatic heterocycles. The molecule has 0 saturated carbocycles. The summed E-state index contributed by atoms with van der Waals surface area (Å²) in [6.45, 7) is 0.645. The Balaban J connectivity index is 1.31. The summed E-state index contributed by atoms with van der Waals surface area (Å²) in [5.74, 6) is 1.77. The van der Waals surface area contributed by atoms with Gasteiger partial charge in [0.15, 0.2) is 0 Å². The predicted molar refractivity (Wildman–Crippen MR) is 118 cm³/mol. The lowest BCUT2D eigenvalue weighted by Crippen LogP contribution is -2.47. The molecule has 6 nitrogen and oxygen atoms in total. The minimum Gasteiger partial charge on any atom is -0.477 e. The van der Waals surface area contributed by atoms with Crippen molar-refractivity contribution in [3.63, 3.8) is 0 Å². The van der Waals surface area contributed by atoms with Gasteiger partial charge in [0.25, 0.3) is 0 Å². The first-order valence-electron chi connectivity index (χ1n) is 11.0. The van der Waals surface area contributed by atoms with Crippen LogP contribution in [0.2, 0.25) is 0 Å². The highest BCUT2D eigenvalue weighted by Gasteiger charge is 2.35. The second kappa shape index (κ2) is 7.13. The number of aromatic amines is 1. The molecule has 6 heteroatoms. The van der Waals surface area contributed by atoms with Crippen molar-refractivity contribution < 1.29 is 4.74 Å². The average molecular weight is 402 g/mol. The van der Waals surface area contributed by atoms with Crippen LogP contribution in [0.3, 0.4) is 0 Å². The van der Waals surface area contributed by atoms with Crippen LogP contribution in [0.1, 0.15) is 31.2 Å². The van der Waals surface area contributed by atoms with Crippen LogP contribution in [0.25, 0.3) is 22.3 Å². The first-order valence-corrected chi connectivity index (χ1v) is 11.0. The van der Waals surface area contributed by atoms with Crippen molar-refractivity contribution in [3.8, 4) is 28.1 Å². The molecule has 2 saturated heterocycles. The highest BCUT2D eigenvalue weighted by Crippen LogP contribution is 2.38. The number of benzene rings is 1. The lowest BCUT2D eigenvalue weighted by atomic mass is 9.95. The normalized spacial score (nSPS) is 24.5. The first-order chi connectivity index (χ1) is 14.7. The topological polar surface area (TPSA) is 66.1 Å². The number of pyridine rings is 1. The number of nitrogens with one attached hydrogen (secondary N) is 2. The zero-order chi connectivity index (χ0) is 20.1. The van der Waals surface area contributed by atoms with E-state index in [4.69, 9.17) is 9.72 Å². The van der Waals surface area contributed by atoms with Gasteiger partial charge in [0.1, 0.15) is 5.82 Å². The Morgan fingerprint density at radius 1 is 1.03 bits per heavy atom. The third-order valence-electron chi connectivity index (χ3n) is 7.04. The minimum absolute atomic E-state index is 0.546. The lowest BCUT2D eigenvalue weighted by molar-refractivity contribution is 0.313. The van der Waals surface area contributed by atoms with Crippen LogP contribution in [0.4, 0.5) is 5.82 Å². The molecule has 6 rings (SSSR count). The molecule has 2 aromatic heterocycles. The predicted octanol–water partition coefficient (Wildman–Crippen LogP) is 3.79. The summed E-state index contributed by atoms with van der Waals surface area (Å²) in [6, 6.07) is 12.8. The number of hydrogen-bond acceptors (Lipinski definition) is 5. The number of piperidine rings is 1. The zero-order valence-corrected chi connectivity index (χ0v) is 17.3. The van der Waals surface area contributed by atoms with Gasteiger partial charge in [-0.3, -0.25) is 5.10 Å². The maximum absolute atomic E-state index is 6.13. The molecule has 2 bridgehead atoms. The fourth-order valence-electron chi connectivity index (χ4n) is 5.38. The molecule has 3 aromatic rings. The second-order valence-corrected chi connectivity index (χ2v) is 8.85. The molecule has 30 heavy (non-hydrogen) atoms. The van der Waals surface area contributed by atoms with Gasteiger partial charge in [-0.25, -0.2) is 0 Å². The summed E-state index contributed by atoms with van der Waals surface area (Å²) in [5.41, 5.74) is 5.88. The molecule has 1 aromatic carbocycles. The van der Waals surface area contributed by atoms with Crippen molar-refractivity contribution in [2.45, 2.75) is 50.2 Å². The van der Waals surface area contributed by atoms with E-state index in [2.05, 4.69) is 57.8 Å². The number of H-pyrrole nitrogens is 1. The van der Waals surface area contributed by atoms with Crippen LogP contribution in [0.5, 0.6) is 5.88 Å². The first kappa shape index (κ1) is 18.0. The van der Waals surface area contributed by atoms with E-state index in [1.54, 1.807) is 0 Å². The average Bonchev–Trinajstić information content (AvgIpc) is 3.38. The van der Waals surface area contributed by atoms with E-state index in [1.807, 2.05) is 12.4 Å². The molecule has 0 aliphatic carbocycles. The number of hydrogen-bond donors (Lipinski definition) is 2. The minimum atomic E-state index is 0.546. The molecule has 0 radical (unpaired) electrons. The highest BCUT2D eigenvalue weighted by molar-refractivity contribution is 5.77. The molecule has 3 atom stereocenters. The van der Waals surface area contributed by atoms with Gasteiger partial charge in [0.2, 0.25) is 5.88 Å². The number of fused-ring (bicyclic) bond motifs is 5. The van der Waals surface area contributed by atoms with E-state index >= 15 is 0 Å². The molecular weight excluding hydrogens is 374 g/mol. The van der Waals surface area contributed by atoms with Gasteiger partial charge in [0, 0.05) is 48.9 Å². The monoisotopic (exact) mass is 401 g/mol. The quantitative estimate of drug-likeness (QED) is 0.699. The fraction of sp³-hybridized carbons (Fsp3) is 0.417. The van der Waals surface area contributed by atoms with Crippen molar-refractivity contribution in [1.82, 2.24) is 20.5 Å². The summed E-state index contributed by atoms with van der Waals surface area (Å²) < 4.78 is 6.13. The Bertz CT molecular complexity index is 1050. The third-order valence-corrected chi connectivity index (χ3v) is 7.04. The number of ether oxygens (including phenoxy) is 1. The maximum atomic E-state index is 6.13. The molecule has 0 unspecified atom stereocenters. The molecule has 0 amide bonds. The Hall–Kier alpha value is -2.86. The van der Waals surface area contributed by atoms with Crippen LogP contribution in [-0.4, -0.2) is 47.0 Å². The van der Waals surface area contributed by atoms with E-state index in [0.29, 0.717) is 24.7 Å². The van der Waals surface area contributed by atoms with E-state index in [1.165, 1.54) is 42.4 Å². The van der Waals surface area contributed by atoms with Crippen molar-refractivity contribution in [1.29, 1.82) is 0 Å². The summed E-state index contributed by atoms with van der Waals surface area (Å²) in [5, 5.41) is 10.7. The zero-order valence-electron chi connectivity index (χ0n) is 17.3. The van der Waals surface area contributed by atoms with Crippen LogP contribution in [0, 0.1) is 0 Å². The van der Waals surface area contributed by atoms with Gasteiger partial charge in [-0.2, -0.15) is 10.1 Å². The van der Waals surface area contributed by atoms with Gasteiger partial charge in [-0.05, 0) is 54.5 Å². The SMILES string of the molecule is CN(c1ccc2c(n1)OCCc1cc(-c3cn[nH]c3)ccc1-2)[C@@H]1C[C@H]2CC[C@@H](C1)N2. The summed E-state index contributed by atoms with van der Waals surface area (Å²) in [4.78, 5) is 7.32. The van der Waals surface area contributed by atoms with Crippen molar-refractivity contribution in [3.05, 3.63) is 48.3 Å². The summed E-state index contributed by atoms with van der Waals surface area (Å²) in [6.07, 6.45) is 9.69. The number of anilines is 1. The van der Waals surface area contributed by atoms with Gasteiger partial charge < -0.3 is 15.0 Å². The smallest absolute Gasteiger partial charge is 0.223 e. The van der Waals surface area contributed by atoms with Crippen molar-refractivity contribution in [2.24, 2.45) is 0 Å². The Kier molecular flexibility index (Phi) is 4.27. The van der Waals surface area contributed by atoms with Gasteiger partial charge in [-0.15, -0.1) is 0 Å².